The number of benzene rings is 5. The molecule has 0 aliphatic carbocycles. The van der Waals surface area contributed by atoms with E-state index in [2.05, 4.69) is 92.6 Å². The number of H-pyrrole nitrogens is 2. The van der Waals surface area contributed by atoms with E-state index in [-0.39, 0.29) is 0 Å². The molecule has 0 spiro atoms. The minimum atomic E-state index is 0.713. The minimum absolute atomic E-state index is 0.713. The second-order valence-electron chi connectivity index (χ2n) is 9.71. The normalized spacial score (nSPS) is 11.6. The molecule has 0 aliphatic heterocycles. The average molecular weight is 591 g/mol. The summed E-state index contributed by atoms with van der Waals surface area (Å²) in [6.45, 7) is 0. The summed E-state index contributed by atoms with van der Waals surface area (Å²) >= 11 is 9.51. The van der Waals surface area contributed by atoms with Gasteiger partial charge < -0.3 is 19.8 Å². The van der Waals surface area contributed by atoms with Crippen molar-refractivity contribution in [2.45, 2.75) is 0 Å². The Morgan fingerprint density at radius 1 is 0.744 bits per heavy atom. The lowest BCUT2D eigenvalue weighted by molar-refractivity contribution is 1.18. The fourth-order valence-corrected chi connectivity index (χ4v) is 5.96. The number of rotatable bonds is 3. The molecule has 2 heterocycles. The van der Waals surface area contributed by atoms with Crippen LogP contribution >= 0.6 is 28.1 Å². The predicted octanol–water partition coefficient (Wildman–Crippen LogP) is 8.64. The van der Waals surface area contributed by atoms with Crippen LogP contribution in [0.2, 0.25) is 0 Å². The Labute approximate surface area is 239 Å². The van der Waals surface area contributed by atoms with Crippen molar-refractivity contribution in [1.82, 2.24) is 15.0 Å². The zero-order valence-electron chi connectivity index (χ0n) is 21.4. The van der Waals surface area contributed by atoms with Crippen molar-refractivity contribution in [3.05, 3.63) is 102 Å². The van der Waals surface area contributed by atoms with Crippen molar-refractivity contribution in [2.24, 2.45) is 0 Å². The summed E-state index contributed by atoms with van der Waals surface area (Å²) in [6, 6.07) is 31.5. The maximum atomic E-state index is 5.90. The van der Waals surface area contributed by atoms with E-state index in [1.165, 1.54) is 5.39 Å². The highest BCUT2D eigenvalue weighted by molar-refractivity contribution is 9.10. The van der Waals surface area contributed by atoms with Gasteiger partial charge in [0.1, 0.15) is 5.82 Å². The fraction of sp³-hybridized carbons (Fsp3) is 0.0625. The lowest BCUT2D eigenvalue weighted by atomic mass is 9.99. The largest absolute Gasteiger partial charge is 0.360 e. The summed E-state index contributed by atoms with van der Waals surface area (Å²) in [6.07, 6.45) is 2.02. The number of thiocarbonyl (C=S) groups is 1. The van der Waals surface area contributed by atoms with Gasteiger partial charge >= 0.3 is 0 Å². The van der Waals surface area contributed by atoms with Crippen LogP contribution in [0.25, 0.3) is 54.9 Å². The van der Waals surface area contributed by atoms with Gasteiger partial charge in [-0.2, -0.15) is 0 Å². The van der Waals surface area contributed by atoms with Crippen molar-refractivity contribution in [2.75, 3.05) is 23.9 Å². The van der Waals surface area contributed by atoms with E-state index < -0.39 is 0 Å². The van der Waals surface area contributed by atoms with Gasteiger partial charge in [0, 0.05) is 63.4 Å². The van der Waals surface area contributed by atoms with Crippen LogP contribution in [-0.4, -0.2) is 34.2 Å². The summed E-state index contributed by atoms with van der Waals surface area (Å²) in [7, 11) is 4.02. The van der Waals surface area contributed by atoms with Crippen molar-refractivity contribution >= 4 is 88.1 Å². The number of halogens is 1. The smallest absolute Gasteiger partial charge is 0.180 e. The first kappa shape index (κ1) is 23.9. The highest BCUT2D eigenvalue weighted by atomic mass is 79.9. The molecule has 0 aliphatic rings. The number of aromatic amines is 2. The molecule has 39 heavy (non-hydrogen) atoms. The van der Waals surface area contributed by atoms with Crippen molar-refractivity contribution in [1.29, 1.82) is 0 Å². The van der Waals surface area contributed by atoms with Gasteiger partial charge in [-0.25, -0.2) is 4.98 Å². The summed E-state index contributed by atoms with van der Waals surface area (Å²) in [5.74, 6) is 0.838. The van der Waals surface area contributed by atoms with Crippen LogP contribution in [0.4, 0.5) is 11.4 Å². The Morgan fingerprint density at radius 3 is 2.28 bits per heavy atom. The van der Waals surface area contributed by atoms with Gasteiger partial charge in [0.05, 0.1) is 11.0 Å². The molecule has 5 nitrogen and oxygen atoms in total. The zero-order valence-corrected chi connectivity index (χ0v) is 23.8. The second-order valence-corrected chi connectivity index (χ2v) is 11.0. The van der Waals surface area contributed by atoms with Crippen LogP contribution in [0.3, 0.4) is 0 Å². The van der Waals surface area contributed by atoms with Gasteiger partial charge in [-0.1, -0.05) is 64.5 Å². The summed E-state index contributed by atoms with van der Waals surface area (Å²) in [5.41, 5.74) is 6.14. The monoisotopic (exact) mass is 589 g/mol. The Bertz CT molecular complexity index is 2040. The molecule has 0 saturated heterocycles. The molecule has 5 aromatic carbocycles. The molecule has 7 aromatic rings. The number of anilines is 2. The summed E-state index contributed by atoms with van der Waals surface area (Å²) in [5, 5.41) is 6.42. The van der Waals surface area contributed by atoms with Crippen LogP contribution in [0, 0.1) is 0 Å². The average Bonchev–Trinajstić information content (AvgIpc) is 3.61. The van der Waals surface area contributed by atoms with E-state index in [0.717, 1.165) is 65.3 Å². The number of para-hydroxylation sites is 1. The Kier molecular flexibility index (Phi) is 5.65. The van der Waals surface area contributed by atoms with Crippen molar-refractivity contribution in [3.8, 4) is 11.4 Å². The molecular formula is C32H24BrN5S. The zero-order chi connectivity index (χ0) is 26.7. The number of aromatic nitrogens is 3. The SMILES string of the molecule is CN(C(=S)N(C)c1ccc2c3ccccc3c3[nH]c(-c4c[nH]c5ccc(Br)cc45)nc3c2c1)c1ccccc1. The van der Waals surface area contributed by atoms with Gasteiger partial charge in [-0.3, -0.25) is 0 Å². The molecule has 0 radical (unpaired) electrons. The van der Waals surface area contributed by atoms with Gasteiger partial charge in [-0.15, -0.1) is 0 Å². The maximum absolute atomic E-state index is 5.90. The van der Waals surface area contributed by atoms with Crippen molar-refractivity contribution < 1.29 is 0 Å². The second kappa shape index (κ2) is 9.22. The topological polar surface area (TPSA) is 51.0 Å². The third-order valence-electron chi connectivity index (χ3n) is 7.45. The Hall–Kier alpha value is -4.20. The molecule has 0 fully saturated rings. The van der Waals surface area contributed by atoms with Crippen LogP contribution in [0.1, 0.15) is 0 Å². The molecule has 190 valence electrons. The number of hydrogen-bond donors (Lipinski definition) is 2. The van der Waals surface area contributed by atoms with E-state index in [1.807, 2.05) is 54.4 Å². The number of imidazole rings is 1. The molecule has 0 bridgehead atoms. The van der Waals surface area contributed by atoms with Crippen LogP contribution in [0.15, 0.2) is 102 Å². The number of nitrogens with zero attached hydrogens (tertiary/aromatic N) is 3. The first-order chi connectivity index (χ1) is 19.0. The third kappa shape index (κ3) is 3.88. The molecule has 7 heteroatoms. The van der Waals surface area contributed by atoms with Crippen molar-refractivity contribution in [3.63, 3.8) is 0 Å². The van der Waals surface area contributed by atoms with E-state index in [0.29, 0.717) is 5.11 Å². The predicted molar refractivity (Wildman–Crippen MR) is 172 cm³/mol. The molecule has 0 atom stereocenters. The van der Waals surface area contributed by atoms with Crippen LogP contribution in [-0.2, 0) is 0 Å². The summed E-state index contributed by atoms with van der Waals surface area (Å²) in [4.78, 5) is 16.3. The first-order valence-corrected chi connectivity index (χ1v) is 13.9. The number of fused-ring (bicyclic) bond motifs is 7. The van der Waals surface area contributed by atoms with Crippen LogP contribution in [0.5, 0.6) is 0 Å². The lowest BCUT2D eigenvalue weighted by Gasteiger charge is -2.28. The maximum Gasteiger partial charge on any atom is 0.180 e. The van der Waals surface area contributed by atoms with E-state index >= 15 is 0 Å². The fourth-order valence-electron chi connectivity index (χ4n) is 5.38. The molecule has 0 amide bonds. The molecule has 2 aromatic heterocycles. The minimum Gasteiger partial charge on any atom is -0.360 e. The van der Waals surface area contributed by atoms with E-state index in [4.69, 9.17) is 17.2 Å². The molecule has 2 N–H and O–H groups in total. The quantitative estimate of drug-likeness (QED) is 0.160. The highest BCUT2D eigenvalue weighted by Gasteiger charge is 2.19. The molecule has 0 saturated carbocycles. The number of nitrogens with one attached hydrogen (secondary N) is 2. The highest BCUT2D eigenvalue weighted by Crippen LogP contribution is 2.38. The standard InChI is InChI=1S/C32H24BrN5S/c1-37(20-8-4-3-5-9-20)32(39)38(2)21-13-14-23-22-10-6-7-11-24(22)29-30(26(23)17-21)36-31(35-29)27-18-34-28-15-12-19(33)16-25(27)28/h3-18,34H,1-2H3,(H,35,36). The first-order valence-electron chi connectivity index (χ1n) is 12.7. The van der Waals surface area contributed by atoms with Gasteiger partial charge in [-0.05, 0) is 65.5 Å². The molecular weight excluding hydrogens is 566 g/mol. The Morgan fingerprint density at radius 2 is 1.46 bits per heavy atom. The number of hydrogen-bond acceptors (Lipinski definition) is 2. The molecule has 7 rings (SSSR count). The van der Waals surface area contributed by atoms with Gasteiger partial charge in [0.25, 0.3) is 0 Å². The third-order valence-corrected chi connectivity index (χ3v) is 8.49. The van der Waals surface area contributed by atoms with Crippen LogP contribution < -0.4 is 9.80 Å². The van der Waals surface area contributed by atoms with E-state index in [9.17, 15) is 0 Å². The lowest BCUT2D eigenvalue weighted by Crippen LogP contribution is -2.38. The van der Waals surface area contributed by atoms with Gasteiger partial charge in [0.15, 0.2) is 5.11 Å². The van der Waals surface area contributed by atoms with E-state index in [1.54, 1.807) is 0 Å². The summed E-state index contributed by atoms with van der Waals surface area (Å²) < 4.78 is 1.03. The van der Waals surface area contributed by atoms with Gasteiger partial charge in [0.2, 0.25) is 0 Å². The Balaban J connectivity index is 1.41. The molecule has 0 unspecified atom stereocenters.